The van der Waals surface area contributed by atoms with Crippen LogP contribution in [0.2, 0.25) is 0 Å². The van der Waals surface area contributed by atoms with Crippen molar-refractivity contribution in [2.45, 2.75) is 64.8 Å². The summed E-state index contributed by atoms with van der Waals surface area (Å²) in [6.45, 7) is 9.69. The van der Waals surface area contributed by atoms with Gasteiger partial charge in [-0.1, -0.05) is 20.8 Å². The molecule has 3 N–H and O–H groups in total. The molecule has 1 aromatic heterocycles. The van der Waals surface area contributed by atoms with E-state index >= 15 is 0 Å². The van der Waals surface area contributed by atoms with Gasteiger partial charge in [-0.05, 0) is 25.8 Å². The lowest BCUT2D eigenvalue weighted by Gasteiger charge is -2.18. The van der Waals surface area contributed by atoms with Crippen LogP contribution < -0.4 is 11.3 Å². The molecule has 0 saturated carbocycles. The number of hydrogen-bond donors (Lipinski definition) is 2. The van der Waals surface area contributed by atoms with E-state index in [9.17, 15) is 0 Å². The Morgan fingerprint density at radius 2 is 2.16 bits per heavy atom. The van der Waals surface area contributed by atoms with E-state index in [1.165, 1.54) is 17.8 Å². The molecule has 0 fully saturated rings. The zero-order valence-corrected chi connectivity index (χ0v) is 13.5. The third-order valence-electron chi connectivity index (χ3n) is 3.42. The van der Waals surface area contributed by atoms with Gasteiger partial charge in [0, 0.05) is 35.7 Å². The van der Waals surface area contributed by atoms with Crippen LogP contribution in [0, 0.1) is 0 Å². The summed E-state index contributed by atoms with van der Waals surface area (Å²) in [7, 11) is 0. The molecule has 0 spiro atoms. The fraction of sp³-hybridized carbons (Fsp3) is 0.786. The van der Waals surface area contributed by atoms with Gasteiger partial charge in [0.25, 0.3) is 0 Å². The summed E-state index contributed by atoms with van der Waals surface area (Å²) < 4.78 is 2.09. The van der Waals surface area contributed by atoms with E-state index in [2.05, 4.69) is 49.0 Å². The maximum Gasteiger partial charge on any atom is 0.0624 e. The average molecular weight is 284 g/mol. The highest BCUT2D eigenvalue weighted by atomic mass is 32.2. The lowest BCUT2D eigenvalue weighted by molar-refractivity contribution is 0.533. The van der Waals surface area contributed by atoms with Crippen LogP contribution in [-0.4, -0.2) is 26.8 Å². The predicted molar refractivity (Wildman–Crippen MR) is 84.3 cm³/mol. The Morgan fingerprint density at radius 1 is 1.42 bits per heavy atom. The molecule has 110 valence electrons. The van der Waals surface area contributed by atoms with Crippen LogP contribution in [-0.2, 0) is 19.4 Å². The molecule has 1 rings (SSSR count). The molecule has 1 aromatic rings. The summed E-state index contributed by atoms with van der Waals surface area (Å²) in [6.07, 6.45) is 3.14. The standard InChI is InChI=1S/C14H28N4S/c1-5-11(4)19-10-13(16-15)9-14-8-12(6-2)17-18(14)7-3/h8,11,13,16H,5-7,9-10,15H2,1-4H3. The third kappa shape index (κ3) is 5.16. The van der Waals surface area contributed by atoms with E-state index in [0.717, 1.165) is 25.1 Å². The zero-order chi connectivity index (χ0) is 14.3. The fourth-order valence-corrected chi connectivity index (χ4v) is 2.95. The molecule has 1 heterocycles. The second-order valence-corrected chi connectivity index (χ2v) is 6.39. The highest BCUT2D eigenvalue weighted by Crippen LogP contribution is 2.17. The normalized spacial score (nSPS) is 14.6. The van der Waals surface area contributed by atoms with Crippen LogP contribution in [0.5, 0.6) is 0 Å². The molecule has 0 aromatic carbocycles. The number of nitrogens with two attached hydrogens (primary N) is 1. The molecular formula is C14H28N4S. The Morgan fingerprint density at radius 3 is 2.68 bits per heavy atom. The van der Waals surface area contributed by atoms with Gasteiger partial charge in [-0.25, -0.2) is 0 Å². The smallest absolute Gasteiger partial charge is 0.0624 e. The van der Waals surface area contributed by atoms with Crippen LogP contribution in [0.15, 0.2) is 6.07 Å². The van der Waals surface area contributed by atoms with Gasteiger partial charge >= 0.3 is 0 Å². The second kappa shape index (κ2) is 8.61. The van der Waals surface area contributed by atoms with Crippen molar-refractivity contribution in [2.75, 3.05) is 5.75 Å². The molecule has 0 amide bonds. The molecule has 0 aliphatic heterocycles. The molecule has 0 saturated heterocycles. The molecule has 2 atom stereocenters. The predicted octanol–water partition coefficient (Wildman–Crippen LogP) is 2.37. The molecule has 5 heteroatoms. The number of hydrogen-bond acceptors (Lipinski definition) is 4. The minimum absolute atomic E-state index is 0.311. The van der Waals surface area contributed by atoms with E-state index in [1.54, 1.807) is 0 Å². The number of rotatable bonds is 9. The van der Waals surface area contributed by atoms with Crippen molar-refractivity contribution in [3.63, 3.8) is 0 Å². The quantitative estimate of drug-likeness (QED) is 0.540. The zero-order valence-electron chi connectivity index (χ0n) is 12.6. The number of nitrogens with one attached hydrogen (secondary N) is 1. The first-order valence-electron chi connectivity index (χ1n) is 7.27. The molecule has 0 radical (unpaired) electrons. The molecule has 0 bridgehead atoms. The summed E-state index contributed by atoms with van der Waals surface area (Å²) in [5, 5.41) is 5.28. The largest absolute Gasteiger partial charge is 0.271 e. The number of aryl methyl sites for hydroxylation is 2. The third-order valence-corrected chi connectivity index (χ3v) is 4.92. The first kappa shape index (κ1) is 16.5. The molecule has 0 aliphatic carbocycles. The van der Waals surface area contributed by atoms with Crippen molar-refractivity contribution in [3.05, 3.63) is 17.5 Å². The van der Waals surface area contributed by atoms with Crippen molar-refractivity contribution in [3.8, 4) is 0 Å². The van der Waals surface area contributed by atoms with Crippen LogP contribution in [0.4, 0.5) is 0 Å². The molecule has 4 nitrogen and oxygen atoms in total. The van der Waals surface area contributed by atoms with Gasteiger partial charge in [0.15, 0.2) is 0 Å². The molecule has 19 heavy (non-hydrogen) atoms. The van der Waals surface area contributed by atoms with Gasteiger partial charge in [-0.2, -0.15) is 16.9 Å². The van der Waals surface area contributed by atoms with Crippen LogP contribution in [0.3, 0.4) is 0 Å². The Balaban J connectivity index is 2.61. The van der Waals surface area contributed by atoms with E-state index in [1.807, 2.05) is 11.8 Å². The maximum atomic E-state index is 5.69. The van der Waals surface area contributed by atoms with E-state index < -0.39 is 0 Å². The second-order valence-electron chi connectivity index (χ2n) is 4.92. The maximum absolute atomic E-state index is 5.69. The van der Waals surface area contributed by atoms with E-state index in [0.29, 0.717) is 11.3 Å². The highest BCUT2D eigenvalue weighted by Gasteiger charge is 2.14. The number of hydrazine groups is 1. The Hall–Kier alpha value is -0.520. The van der Waals surface area contributed by atoms with Crippen LogP contribution in [0.1, 0.15) is 45.5 Å². The fourth-order valence-electron chi connectivity index (χ4n) is 1.94. The summed E-state index contributed by atoms with van der Waals surface area (Å²) >= 11 is 1.98. The topological polar surface area (TPSA) is 55.9 Å². The summed E-state index contributed by atoms with van der Waals surface area (Å²) in [6, 6.07) is 2.52. The Bertz CT molecular complexity index is 364. The average Bonchev–Trinajstić information content (AvgIpc) is 2.84. The van der Waals surface area contributed by atoms with Crippen molar-refractivity contribution < 1.29 is 0 Å². The molecular weight excluding hydrogens is 256 g/mol. The molecule has 2 unspecified atom stereocenters. The first-order valence-corrected chi connectivity index (χ1v) is 8.32. The monoisotopic (exact) mass is 284 g/mol. The Kier molecular flexibility index (Phi) is 7.49. The lowest BCUT2D eigenvalue weighted by atomic mass is 10.1. The molecule has 0 aliphatic rings. The lowest BCUT2D eigenvalue weighted by Crippen LogP contribution is -2.39. The minimum atomic E-state index is 0.311. The van der Waals surface area contributed by atoms with Crippen molar-refractivity contribution in [1.29, 1.82) is 0 Å². The first-order chi connectivity index (χ1) is 9.14. The van der Waals surface area contributed by atoms with Crippen LogP contribution in [0.25, 0.3) is 0 Å². The van der Waals surface area contributed by atoms with Gasteiger partial charge < -0.3 is 0 Å². The van der Waals surface area contributed by atoms with Gasteiger partial charge in [0.2, 0.25) is 0 Å². The van der Waals surface area contributed by atoms with Gasteiger partial charge in [-0.15, -0.1) is 0 Å². The van der Waals surface area contributed by atoms with Crippen molar-refractivity contribution in [1.82, 2.24) is 15.2 Å². The highest BCUT2D eigenvalue weighted by molar-refractivity contribution is 7.99. The van der Waals surface area contributed by atoms with Gasteiger partial charge in [0.05, 0.1) is 5.69 Å². The summed E-state index contributed by atoms with van der Waals surface area (Å²) in [5.41, 5.74) is 5.40. The van der Waals surface area contributed by atoms with Crippen molar-refractivity contribution in [2.24, 2.45) is 5.84 Å². The number of aromatic nitrogens is 2. The SMILES string of the molecule is CCc1cc(CC(CSC(C)CC)NN)n(CC)n1. The summed E-state index contributed by atoms with van der Waals surface area (Å²) in [4.78, 5) is 0. The minimum Gasteiger partial charge on any atom is -0.271 e. The number of thioether (sulfide) groups is 1. The van der Waals surface area contributed by atoms with Gasteiger partial charge in [0.1, 0.15) is 0 Å². The van der Waals surface area contributed by atoms with E-state index in [4.69, 9.17) is 5.84 Å². The van der Waals surface area contributed by atoms with Crippen molar-refractivity contribution >= 4 is 11.8 Å². The Labute approximate surface area is 121 Å². The summed E-state index contributed by atoms with van der Waals surface area (Å²) in [5.74, 6) is 6.73. The van der Waals surface area contributed by atoms with Crippen LogP contribution >= 0.6 is 11.8 Å². The van der Waals surface area contributed by atoms with Gasteiger partial charge in [-0.3, -0.25) is 16.0 Å². The number of nitrogens with zero attached hydrogens (tertiary/aromatic N) is 2. The van der Waals surface area contributed by atoms with E-state index in [-0.39, 0.29) is 0 Å².